The maximum Gasteiger partial charge on any atom is -0.369 e. The van der Waals surface area contributed by atoms with Crippen LogP contribution in [0.5, 0.6) is 0 Å². The van der Waals surface area contributed by atoms with Gasteiger partial charge in [-0.2, -0.15) is 0 Å². The fourth-order valence-corrected chi connectivity index (χ4v) is 4.29. The van der Waals surface area contributed by atoms with Gasteiger partial charge in [-0.15, -0.1) is 0 Å². The zero-order valence-corrected chi connectivity index (χ0v) is 17.2. The molecule has 132 valence electrons. The van der Waals surface area contributed by atoms with Crippen molar-refractivity contribution < 1.29 is 27.9 Å². The third-order valence-corrected chi connectivity index (χ3v) is 6.32. The van der Waals surface area contributed by atoms with Crippen LogP contribution in [0.25, 0.3) is 0 Å². The first kappa shape index (κ1) is 25.8. The zero-order valence-electron chi connectivity index (χ0n) is 14.9. The first-order valence-corrected chi connectivity index (χ1v) is 13.6. The smallest absolute Gasteiger partial charge is 0.369 e. The van der Waals surface area contributed by atoms with Crippen molar-refractivity contribution >= 4 is 0 Å². The maximum absolute atomic E-state index is 2.50. The predicted molar refractivity (Wildman–Crippen MR) is 89.5 cm³/mol. The molecular formula is C17H42ClNPd. The molecule has 0 saturated carbocycles. The molecule has 0 radical (unpaired) electrons. The first-order chi connectivity index (χ1) is 8.56. The summed E-state index contributed by atoms with van der Waals surface area (Å²) in [6.45, 7) is 2.29. The molecule has 0 aromatic rings. The van der Waals surface area contributed by atoms with Gasteiger partial charge in [-0.05, 0) is 0 Å². The van der Waals surface area contributed by atoms with E-state index in [9.17, 15) is 0 Å². The molecule has 0 aliphatic carbocycles. The topological polar surface area (TPSA) is 36.5 Å². The fourth-order valence-electron chi connectivity index (χ4n) is 2.26. The molecule has 0 spiro atoms. The average Bonchev–Trinajstić information content (AvgIpc) is 2.29. The standard InChI is InChI=1S/C14H29.3CH3.ClH.H3N.Pd/c1-3-5-7-9-11-13-14-12-10-8-6-4-2;;;;;;/h1,3-14H2,2H3;3*1H3;1H;1H3;. The number of quaternary nitrogens is 1. The van der Waals surface area contributed by atoms with Gasteiger partial charge in [-0.3, -0.25) is 0 Å². The van der Waals surface area contributed by atoms with Crippen molar-refractivity contribution in [3.8, 4) is 0 Å². The van der Waals surface area contributed by atoms with Crippen LogP contribution in [0.3, 0.4) is 0 Å². The fraction of sp³-hybridized carbons (Fsp3) is 1.00. The molecule has 0 aliphatic rings. The molecule has 20 heavy (non-hydrogen) atoms. The Balaban J connectivity index is -0.00000144. The van der Waals surface area contributed by atoms with Gasteiger partial charge in [0.25, 0.3) is 0 Å². The van der Waals surface area contributed by atoms with Crippen LogP contribution < -0.4 is 18.6 Å². The third-order valence-electron chi connectivity index (χ3n) is 3.44. The summed E-state index contributed by atoms with van der Waals surface area (Å²) < 4.78 is 0. The molecule has 1 nitrogen and oxygen atoms in total. The molecule has 0 aliphatic heterocycles. The summed E-state index contributed by atoms with van der Waals surface area (Å²) in [4.78, 5) is 1.54. The van der Waals surface area contributed by atoms with Crippen LogP contribution >= 0.6 is 0 Å². The van der Waals surface area contributed by atoms with E-state index in [0.717, 1.165) is 0 Å². The quantitative estimate of drug-likeness (QED) is 0.340. The summed E-state index contributed by atoms with van der Waals surface area (Å²) in [5.41, 5.74) is 0. The Bertz CT molecular complexity index is 169. The van der Waals surface area contributed by atoms with E-state index < -0.39 is 15.5 Å². The molecule has 0 bridgehead atoms. The van der Waals surface area contributed by atoms with Gasteiger partial charge in [-0.25, -0.2) is 0 Å². The van der Waals surface area contributed by atoms with E-state index in [1.807, 2.05) is 0 Å². The number of hydrogen-bond acceptors (Lipinski definition) is 0. The minimum Gasteiger partial charge on any atom is -1.00 e. The van der Waals surface area contributed by atoms with Gasteiger partial charge in [0, 0.05) is 0 Å². The second-order valence-electron chi connectivity index (χ2n) is 6.17. The number of hydrogen-bond donors (Lipinski definition) is 1. The van der Waals surface area contributed by atoms with Crippen LogP contribution in [-0.4, -0.2) is 0 Å². The summed E-state index contributed by atoms with van der Waals surface area (Å²) in [6.07, 6.45) is 17.7. The summed E-state index contributed by atoms with van der Waals surface area (Å²) in [5.74, 6) is 0. The van der Waals surface area contributed by atoms with Crippen molar-refractivity contribution in [2.75, 3.05) is 0 Å². The Kier molecular flexibility index (Phi) is 23.2. The number of unbranched alkanes of at least 4 members (excludes halogenated alkanes) is 11. The first-order valence-electron chi connectivity index (χ1n) is 7.88. The summed E-state index contributed by atoms with van der Waals surface area (Å²) >= 11 is -0.858. The van der Waals surface area contributed by atoms with Crippen LogP contribution in [0.4, 0.5) is 0 Å². The van der Waals surface area contributed by atoms with E-state index in [2.05, 4.69) is 23.1 Å². The molecule has 0 rings (SSSR count). The van der Waals surface area contributed by atoms with Gasteiger partial charge in [0.15, 0.2) is 0 Å². The van der Waals surface area contributed by atoms with Gasteiger partial charge in [-0.1, -0.05) is 13.3 Å². The van der Waals surface area contributed by atoms with Crippen LogP contribution in [-0.2, 0) is 15.5 Å². The van der Waals surface area contributed by atoms with E-state index in [1.54, 1.807) is 4.89 Å². The minimum absolute atomic E-state index is 0. The minimum atomic E-state index is -0.858. The molecule has 0 fully saturated rings. The molecule has 0 amide bonds. The Morgan fingerprint density at radius 2 is 0.850 bits per heavy atom. The second-order valence-corrected chi connectivity index (χ2v) is 14.9. The van der Waals surface area contributed by atoms with E-state index in [0.29, 0.717) is 0 Å². The van der Waals surface area contributed by atoms with Crippen molar-refractivity contribution in [3.05, 3.63) is 0 Å². The molecule has 0 unspecified atom stereocenters. The Morgan fingerprint density at radius 1 is 0.550 bits per heavy atom. The largest absolute Gasteiger partial charge is 1.00 e. The molecule has 3 heteroatoms. The Labute approximate surface area is 139 Å². The van der Waals surface area contributed by atoms with Gasteiger partial charge in [0.2, 0.25) is 0 Å². The van der Waals surface area contributed by atoms with E-state index in [-0.39, 0.29) is 18.6 Å². The van der Waals surface area contributed by atoms with Crippen LogP contribution in [0.2, 0.25) is 21.1 Å². The maximum atomic E-state index is 2.50. The molecular weight excluding hydrogens is 360 g/mol. The number of halogens is 1. The van der Waals surface area contributed by atoms with Crippen LogP contribution in [0.15, 0.2) is 0 Å². The zero-order chi connectivity index (χ0) is 13.7. The van der Waals surface area contributed by atoms with Crippen LogP contribution in [0, 0.1) is 0 Å². The molecule has 0 aromatic carbocycles. The van der Waals surface area contributed by atoms with E-state index >= 15 is 0 Å². The summed E-state index contributed by atoms with van der Waals surface area (Å²) in [5, 5.41) is 7.51. The monoisotopic (exact) mass is 401 g/mol. The molecule has 0 atom stereocenters. The predicted octanol–water partition coefficient (Wildman–Crippen LogP) is 4.78. The van der Waals surface area contributed by atoms with Crippen molar-refractivity contribution in [1.82, 2.24) is 6.15 Å². The SMILES string of the molecule is CCCCCCCCCCCCC[CH2][Pd]([CH3])([CH3])[CH3].[Cl-].[NH4+]. The molecule has 4 N–H and O–H groups in total. The van der Waals surface area contributed by atoms with Gasteiger partial charge >= 0.3 is 107 Å². The van der Waals surface area contributed by atoms with Crippen molar-refractivity contribution in [2.45, 2.75) is 105 Å². The van der Waals surface area contributed by atoms with E-state index in [4.69, 9.17) is 0 Å². The van der Waals surface area contributed by atoms with Crippen molar-refractivity contribution in [3.63, 3.8) is 0 Å². The van der Waals surface area contributed by atoms with Crippen LogP contribution in [0.1, 0.15) is 84.0 Å². The van der Waals surface area contributed by atoms with Crippen molar-refractivity contribution in [1.29, 1.82) is 0 Å². The number of rotatable bonds is 13. The molecule has 0 saturated heterocycles. The second kappa shape index (κ2) is 18.0. The normalized spacial score (nSPS) is 11.6. The molecule has 0 aromatic heterocycles. The summed E-state index contributed by atoms with van der Waals surface area (Å²) in [7, 11) is 0. The van der Waals surface area contributed by atoms with Gasteiger partial charge in [0.05, 0.1) is 0 Å². The van der Waals surface area contributed by atoms with Gasteiger partial charge in [0.1, 0.15) is 0 Å². The van der Waals surface area contributed by atoms with Crippen molar-refractivity contribution in [2.24, 2.45) is 0 Å². The molecule has 0 heterocycles. The van der Waals surface area contributed by atoms with E-state index in [1.165, 1.54) is 77.0 Å². The third kappa shape index (κ3) is 24.0. The Hall–Kier alpha value is 0.912. The van der Waals surface area contributed by atoms with Gasteiger partial charge < -0.3 is 18.6 Å². The Morgan fingerprint density at radius 3 is 1.15 bits per heavy atom. The summed E-state index contributed by atoms with van der Waals surface area (Å²) in [6, 6.07) is 0. The average molecular weight is 402 g/mol.